The molecule has 0 amide bonds. The van der Waals surface area contributed by atoms with E-state index in [1.165, 1.54) is 10.4 Å². The lowest BCUT2D eigenvalue weighted by atomic mass is 9.96. The Hall–Kier alpha value is -1.60. The van der Waals surface area contributed by atoms with Crippen LogP contribution in [0.5, 0.6) is 0 Å². The van der Waals surface area contributed by atoms with Gasteiger partial charge in [0.05, 0.1) is 11.8 Å². The molecule has 6 nitrogen and oxygen atoms in total. The van der Waals surface area contributed by atoms with E-state index >= 15 is 0 Å². The van der Waals surface area contributed by atoms with Crippen LogP contribution in [0.4, 0.5) is 5.69 Å². The van der Waals surface area contributed by atoms with Crippen LogP contribution in [0.3, 0.4) is 0 Å². The van der Waals surface area contributed by atoms with E-state index in [0.29, 0.717) is 13.0 Å². The summed E-state index contributed by atoms with van der Waals surface area (Å²) in [5.41, 5.74) is 7.64. The van der Waals surface area contributed by atoms with E-state index in [-0.39, 0.29) is 17.8 Å². The van der Waals surface area contributed by atoms with E-state index < -0.39 is 16.0 Å². The number of rotatable bonds is 2. The molecular weight excluding hydrogens is 256 g/mol. The molecule has 0 atom stereocenters. The van der Waals surface area contributed by atoms with Gasteiger partial charge in [-0.05, 0) is 23.6 Å². The maximum absolute atomic E-state index is 11.5. The number of nitrogen functional groups attached to an aromatic ring is 1. The molecule has 7 heteroatoms. The quantitative estimate of drug-likeness (QED) is 0.752. The van der Waals surface area contributed by atoms with Crippen LogP contribution in [0, 0.1) is 0 Å². The summed E-state index contributed by atoms with van der Waals surface area (Å²) in [6, 6.07) is 3.05. The molecule has 1 heterocycles. The number of fused-ring (bicyclic) bond motifs is 1. The molecule has 18 heavy (non-hydrogen) atoms. The first kappa shape index (κ1) is 12.8. The Balaban J connectivity index is 2.43. The van der Waals surface area contributed by atoms with Crippen molar-refractivity contribution < 1.29 is 18.3 Å². The van der Waals surface area contributed by atoms with E-state index in [1.807, 2.05) is 0 Å². The smallest absolute Gasteiger partial charge is 0.337 e. The van der Waals surface area contributed by atoms with Gasteiger partial charge in [0.1, 0.15) is 0 Å². The highest BCUT2D eigenvalue weighted by atomic mass is 32.2. The van der Waals surface area contributed by atoms with E-state index in [4.69, 9.17) is 10.8 Å². The molecule has 0 bridgehead atoms. The van der Waals surface area contributed by atoms with E-state index in [2.05, 4.69) is 0 Å². The molecule has 1 aromatic carbocycles. The third-order valence-corrected chi connectivity index (χ3v) is 4.36. The second kappa shape index (κ2) is 4.25. The number of carboxylic acid groups (broad SMARTS) is 1. The first-order valence-electron chi connectivity index (χ1n) is 5.39. The summed E-state index contributed by atoms with van der Waals surface area (Å²) in [6.07, 6.45) is 1.60. The van der Waals surface area contributed by atoms with Gasteiger partial charge in [0, 0.05) is 18.8 Å². The van der Waals surface area contributed by atoms with Crippen LogP contribution in [-0.2, 0) is 23.0 Å². The SMILES string of the molecule is CS(=O)(=O)N1CCc2c(ccc(C(=O)O)c2N)C1. The molecule has 1 aromatic rings. The summed E-state index contributed by atoms with van der Waals surface area (Å²) in [5, 5.41) is 8.96. The first-order valence-corrected chi connectivity index (χ1v) is 7.24. The lowest BCUT2D eigenvalue weighted by Crippen LogP contribution is -2.35. The summed E-state index contributed by atoms with van der Waals surface area (Å²) in [6.45, 7) is 0.581. The normalized spacial score (nSPS) is 16.3. The fourth-order valence-electron chi connectivity index (χ4n) is 2.13. The average molecular weight is 270 g/mol. The molecular formula is C11H14N2O4S. The minimum atomic E-state index is -3.23. The number of carboxylic acids is 1. The minimum absolute atomic E-state index is 0.0709. The summed E-state index contributed by atoms with van der Waals surface area (Å²) < 4.78 is 24.3. The Morgan fingerprint density at radius 2 is 2.11 bits per heavy atom. The van der Waals surface area contributed by atoms with Crippen molar-refractivity contribution in [3.05, 3.63) is 28.8 Å². The Labute approximate surface area is 105 Å². The molecule has 0 aliphatic carbocycles. The third-order valence-electron chi connectivity index (χ3n) is 3.11. The van der Waals surface area contributed by atoms with Gasteiger partial charge in [0.15, 0.2) is 0 Å². The molecule has 3 N–H and O–H groups in total. The van der Waals surface area contributed by atoms with Crippen molar-refractivity contribution in [2.45, 2.75) is 13.0 Å². The summed E-state index contributed by atoms with van der Waals surface area (Å²) >= 11 is 0. The van der Waals surface area contributed by atoms with Crippen LogP contribution < -0.4 is 5.73 Å². The van der Waals surface area contributed by atoms with Crippen LogP contribution in [0.2, 0.25) is 0 Å². The number of sulfonamides is 1. The molecule has 0 saturated heterocycles. The zero-order valence-electron chi connectivity index (χ0n) is 9.88. The Morgan fingerprint density at radius 1 is 1.44 bits per heavy atom. The van der Waals surface area contributed by atoms with Gasteiger partial charge in [-0.3, -0.25) is 0 Å². The highest BCUT2D eigenvalue weighted by Gasteiger charge is 2.25. The maximum Gasteiger partial charge on any atom is 0.337 e. The fraction of sp³-hybridized carbons (Fsp3) is 0.364. The van der Waals surface area contributed by atoms with Crippen LogP contribution in [0.15, 0.2) is 12.1 Å². The van der Waals surface area contributed by atoms with Crippen LogP contribution in [-0.4, -0.2) is 36.6 Å². The van der Waals surface area contributed by atoms with Crippen molar-refractivity contribution in [2.24, 2.45) is 0 Å². The maximum atomic E-state index is 11.5. The third kappa shape index (κ3) is 2.19. The molecule has 0 aromatic heterocycles. The number of nitrogens with zero attached hydrogens (tertiary/aromatic N) is 1. The monoisotopic (exact) mass is 270 g/mol. The van der Waals surface area contributed by atoms with Crippen LogP contribution in [0.25, 0.3) is 0 Å². The number of aromatic carboxylic acids is 1. The minimum Gasteiger partial charge on any atom is -0.478 e. The van der Waals surface area contributed by atoms with Crippen molar-refractivity contribution in [2.75, 3.05) is 18.5 Å². The van der Waals surface area contributed by atoms with Crippen molar-refractivity contribution in [3.8, 4) is 0 Å². The van der Waals surface area contributed by atoms with Crippen LogP contribution in [0.1, 0.15) is 21.5 Å². The van der Waals surface area contributed by atoms with Gasteiger partial charge in [0.2, 0.25) is 10.0 Å². The van der Waals surface area contributed by atoms with Crippen molar-refractivity contribution in [1.82, 2.24) is 4.31 Å². The van der Waals surface area contributed by atoms with Gasteiger partial charge in [-0.25, -0.2) is 13.2 Å². The Bertz CT molecular complexity index is 610. The number of hydrogen-bond acceptors (Lipinski definition) is 4. The topological polar surface area (TPSA) is 101 Å². The second-order valence-electron chi connectivity index (χ2n) is 4.32. The van der Waals surface area contributed by atoms with E-state index in [1.54, 1.807) is 6.07 Å². The van der Waals surface area contributed by atoms with E-state index in [9.17, 15) is 13.2 Å². The molecule has 0 spiro atoms. The summed E-state index contributed by atoms with van der Waals surface area (Å²) in [4.78, 5) is 10.9. The molecule has 2 rings (SSSR count). The predicted molar refractivity (Wildman–Crippen MR) is 66.8 cm³/mol. The zero-order valence-corrected chi connectivity index (χ0v) is 10.7. The van der Waals surface area contributed by atoms with Gasteiger partial charge in [-0.1, -0.05) is 6.07 Å². The van der Waals surface area contributed by atoms with Crippen molar-refractivity contribution in [3.63, 3.8) is 0 Å². The summed E-state index contributed by atoms with van der Waals surface area (Å²) in [7, 11) is -3.23. The number of carbonyl (C=O) groups is 1. The summed E-state index contributed by atoms with van der Waals surface area (Å²) in [5.74, 6) is -1.07. The second-order valence-corrected chi connectivity index (χ2v) is 6.30. The molecule has 0 unspecified atom stereocenters. The number of hydrogen-bond donors (Lipinski definition) is 2. The number of benzene rings is 1. The standard InChI is InChI=1S/C11H14N2O4S/c1-18(16,17)13-5-4-8-7(6-13)2-3-9(10(8)12)11(14)15/h2-3H,4-6,12H2,1H3,(H,14,15). The average Bonchev–Trinajstić information content (AvgIpc) is 2.27. The predicted octanol–water partition coefficient (Wildman–Crippen LogP) is 0.285. The first-order chi connectivity index (χ1) is 8.30. The Morgan fingerprint density at radius 3 is 2.67 bits per heavy atom. The number of anilines is 1. The molecule has 0 radical (unpaired) electrons. The fourth-order valence-corrected chi connectivity index (χ4v) is 2.92. The van der Waals surface area contributed by atoms with E-state index in [0.717, 1.165) is 17.4 Å². The molecule has 98 valence electrons. The van der Waals surface area contributed by atoms with Gasteiger partial charge >= 0.3 is 5.97 Å². The molecule has 0 saturated carbocycles. The van der Waals surface area contributed by atoms with Gasteiger partial charge in [-0.15, -0.1) is 0 Å². The molecule has 0 fully saturated rings. The van der Waals surface area contributed by atoms with Gasteiger partial charge in [0.25, 0.3) is 0 Å². The van der Waals surface area contributed by atoms with Crippen molar-refractivity contribution in [1.29, 1.82) is 0 Å². The lowest BCUT2D eigenvalue weighted by molar-refractivity contribution is 0.0698. The molecule has 1 aliphatic rings. The zero-order chi connectivity index (χ0) is 13.5. The highest BCUT2D eigenvalue weighted by molar-refractivity contribution is 7.88. The van der Waals surface area contributed by atoms with Gasteiger partial charge in [-0.2, -0.15) is 4.31 Å². The number of nitrogens with two attached hydrogens (primary N) is 1. The van der Waals surface area contributed by atoms with Crippen LogP contribution >= 0.6 is 0 Å². The van der Waals surface area contributed by atoms with Gasteiger partial charge < -0.3 is 10.8 Å². The highest BCUT2D eigenvalue weighted by Crippen LogP contribution is 2.28. The molecule has 1 aliphatic heterocycles. The van der Waals surface area contributed by atoms with Crippen molar-refractivity contribution >= 4 is 21.7 Å². The lowest BCUT2D eigenvalue weighted by Gasteiger charge is -2.28. The Kier molecular flexibility index (Phi) is 3.04. The largest absolute Gasteiger partial charge is 0.478 e.